The Bertz CT molecular complexity index is 2190. The van der Waals surface area contributed by atoms with E-state index in [1.807, 2.05) is 30.3 Å². The summed E-state index contributed by atoms with van der Waals surface area (Å²) in [5.74, 6) is 4.07. The van der Waals surface area contributed by atoms with Crippen LogP contribution in [0.4, 0.5) is 11.4 Å². The van der Waals surface area contributed by atoms with Crippen LogP contribution in [0.15, 0.2) is 144 Å². The Hall–Kier alpha value is -5.09. The van der Waals surface area contributed by atoms with Crippen molar-refractivity contribution in [2.45, 2.75) is 25.7 Å². The molecular weight excluding hydrogens is 909 g/mol. The van der Waals surface area contributed by atoms with Gasteiger partial charge in [-0.1, -0.05) is 78.4 Å². The summed E-state index contributed by atoms with van der Waals surface area (Å²) in [4.78, 5) is 2.36. The summed E-state index contributed by atoms with van der Waals surface area (Å²) < 4.78 is 29.0. The summed E-state index contributed by atoms with van der Waals surface area (Å²) in [7, 11) is 0. The van der Waals surface area contributed by atoms with Gasteiger partial charge in [0.1, 0.15) is 26.4 Å². The molecule has 0 amide bonds. The van der Waals surface area contributed by atoms with Crippen LogP contribution in [0.3, 0.4) is 0 Å². The average molecular weight is 952 g/mol. The zero-order chi connectivity index (χ0) is 36.5. The van der Waals surface area contributed by atoms with Crippen LogP contribution in [0, 0.1) is 44.1 Å². The molecule has 4 aromatic carbocycles. The predicted molar refractivity (Wildman–Crippen MR) is 217 cm³/mol. The van der Waals surface area contributed by atoms with Crippen molar-refractivity contribution in [3.8, 4) is 17.2 Å². The summed E-state index contributed by atoms with van der Waals surface area (Å²) in [6, 6.07) is 32.7. The molecule has 0 aromatic heterocycles. The van der Waals surface area contributed by atoms with E-state index in [9.17, 15) is 0 Å². The van der Waals surface area contributed by atoms with Crippen molar-refractivity contribution < 1.29 is 54.8 Å². The second-order valence-electron chi connectivity index (χ2n) is 13.3. The molecule has 1 saturated heterocycles. The second kappa shape index (κ2) is 18.5. The minimum Gasteiger partial charge on any atom is -0.545 e. The van der Waals surface area contributed by atoms with Crippen molar-refractivity contribution in [3.63, 3.8) is 0 Å². The third kappa shape index (κ3) is 9.42. The molecule has 55 heavy (non-hydrogen) atoms. The molecule has 4 aromatic rings. The Morgan fingerprint density at radius 1 is 0.673 bits per heavy atom. The molecule has 6 nitrogen and oxygen atoms in total. The van der Waals surface area contributed by atoms with Crippen molar-refractivity contribution in [2.75, 3.05) is 37.9 Å². The number of ether oxygens (including phenoxy) is 5. The van der Waals surface area contributed by atoms with Crippen LogP contribution in [0.2, 0.25) is 0 Å². The Morgan fingerprint density at radius 3 is 2.16 bits per heavy atom. The molecule has 4 aliphatic rings. The molecule has 0 saturated carbocycles. The summed E-state index contributed by atoms with van der Waals surface area (Å²) in [5, 5.41) is 0. The normalized spacial score (nSPS) is 16.4. The Morgan fingerprint density at radius 2 is 1.40 bits per heavy atom. The van der Waals surface area contributed by atoms with Crippen molar-refractivity contribution in [2.24, 2.45) is 0 Å². The number of allylic oxidation sites excluding steroid dienone is 8. The van der Waals surface area contributed by atoms with E-state index in [0.717, 1.165) is 82.3 Å². The van der Waals surface area contributed by atoms with E-state index in [-0.39, 0.29) is 31.1 Å². The molecular formula is C48H43NO5U. The predicted octanol–water partition coefficient (Wildman–Crippen LogP) is 11.1. The van der Waals surface area contributed by atoms with E-state index in [4.69, 9.17) is 23.7 Å². The largest absolute Gasteiger partial charge is 2.00 e. The molecule has 8 rings (SSSR count). The van der Waals surface area contributed by atoms with Crippen molar-refractivity contribution >= 4 is 35.7 Å². The van der Waals surface area contributed by atoms with Crippen LogP contribution in [0.1, 0.15) is 47.9 Å². The van der Waals surface area contributed by atoms with Gasteiger partial charge in [0.25, 0.3) is 0 Å². The zero-order valence-electron chi connectivity index (χ0n) is 30.8. The monoisotopic (exact) mass is 951 g/mol. The molecule has 0 unspecified atom stereocenters. The molecule has 0 atom stereocenters. The van der Waals surface area contributed by atoms with Gasteiger partial charge in [-0.3, -0.25) is 0 Å². The molecule has 0 N–H and O–H groups in total. The van der Waals surface area contributed by atoms with Gasteiger partial charge in [-0.15, -0.1) is 35.9 Å². The van der Waals surface area contributed by atoms with Crippen molar-refractivity contribution in [1.29, 1.82) is 0 Å². The topological polar surface area (TPSA) is 49.4 Å². The SMILES string of the molecule is [CH2-]COc1[c-]c(/C=C/C2=CC=C(N(c3ccc(/C=C/C4=C5OCCOC5=CCC4)cc3)c3ccc(/C=C/c4cccc5c4OCCO5)cc3)CC2)ccc1.[U+2]. The van der Waals surface area contributed by atoms with Gasteiger partial charge in [-0.2, -0.15) is 0 Å². The van der Waals surface area contributed by atoms with E-state index in [1.54, 1.807) is 0 Å². The van der Waals surface area contributed by atoms with Crippen LogP contribution in [-0.4, -0.2) is 33.0 Å². The minimum absolute atomic E-state index is 0. The van der Waals surface area contributed by atoms with Crippen molar-refractivity contribution in [1.82, 2.24) is 0 Å². The number of hydrogen-bond acceptors (Lipinski definition) is 6. The molecule has 274 valence electrons. The number of para-hydroxylation sites is 1. The Kier molecular flexibility index (Phi) is 12.8. The number of rotatable bonds is 11. The van der Waals surface area contributed by atoms with Crippen LogP contribution in [-0.2, 0) is 9.47 Å². The zero-order valence-corrected chi connectivity index (χ0v) is 35.0. The quantitative estimate of drug-likeness (QED) is 0.110. The van der Waals surface area contributed by atoms with Crippen LogP contribution in [0.25, 0.3) is 24.3 Å². The molecule has 2 aliphatic heterocycles. The van der Waals surface area contributed by atoms with E-state index in [1.165, 1.54) is 16.8 Å². The maximum absolute atomic E-state index is 5.97. The fourth-order valence-corrected chi connectivity index (χ4v) is 6.95. The van der Waals surface area contributed by atoms with E-state index < -0.39 is 0 Å². The third-order valence-corrected chi connectivity index (χ3v) is 9.65. The fourth-order valence-electron chi connectivity index (χ4n) is 6.95. The molecule has 1 fully saturated rings. The van der Waals surface area contributed by atoms with Crippen LogP contribution < -0.4 is 19.1 Å². The average Bonchev–Trinajstić information content (AvgIpc) is 3.23. The summed E-state index contributed by atoms with van der Waals surface area (Å²) in [6.07, 6.45) is 23.1. The summed E-state index contributed by atoms with van der Waals surface area (Å²) >= 11 is 0. The molecule has 0 spiro atoms. The first-order valence-corrected chi connectivity index (χ1v) is 18.7. The Balaban J connectivity index is 0.00000465. The van der Waals surface area contributed by atoms with E-state index >= 15 is 0 Å². The maximum atomic E-state index is 5.97. The minimum atomic E-state index is 0. The smallest absolute Gasteiger partial charge is 0.545 e. The van der Waals surface area contributed by atoms with Crippen LogP contribution in [0.5, 0.6) is 17.2 Å². The van der Waals surface area contributed by atoms with Gasteiger partial charge in [0.05, 0.1) is 0 Å². The first-order chi connectivity index (χ1) is 26.7. The number of anilines is 2. The van der Waals surface area contributed by atoms with Gasteiger partial charge in [0, 0.05) is 28.4 Å². The van der Waals surface area contributed by atoms with E-state index in [2.05, 4.69) is 127 Å². The van der Waals surface area contributed by atoms with E-state index in [0.29, 0.717) is 38.8 Å². The van der Waals surface area contributed by atoms with Gasteiger partial charge in [-0.25, -0.2) is 0 Å². The molecule has 2 heterocycles. The van der Waals surface area contributed by atoms with Crippen LogP contribution >= 0.6 is 0 Å². The second-order valence-corrected chi connectivity index (χ2v) is 13.3. The number of benzene rings is 4. The molecule has 0 radical (unpaired) electrons. The number of hydrogen-bond donors (Lipinski definition) is 0. The Labute approximate surface area is 348 Å². The first-order valence-electron chi connectivity index (χ1n) is 18.7. The molecule has 2 aliphatic carbocycles. The van der Waals surface area contributed by atoms with Gasteiger partial charge in [0.15, 0.2) is 23.0 Å². The standard InChI is InChI=1S/C48H43NO5.U/c1-2-50-44-9-3-6-38(34-44)13-12-35-16-24-41(25-17-35)49(42-26-18-36(19-27-42)14-22-39-7-4-10-45-47(39)53-32-30-51-45)43-28-20-37(21-29-43)15-23-40-8-5-11-46-48(40)54-33-31-52-46;/h3-4,6-7,9-16,18-24,26-29H,1-2,5,8,17,25,30-33H2;/q-2;+2/b13-12+,22-14+,23-15+;. The van der Waals surface area contributed by atoms with Gasteiger partial charge in [0.2, 0.25) is 0 Å². The molecule has 7 heteroatoms. The number of nitrogens with zero attached hydrogens (tertiary/aromatic N) is 1. The fraction of sp³-hybridized carbons (Fsp3) is 0.188. The number of fused-ring (bicyclic) bond motifs is 2. The third-order valence-electron chi connectivity index (χ3n) is 9.65. The summed E-state index contributed by atoms with van der Waals surface area (Å²) in [6.45, 7) is 6.47. The summed E-state index contributed by atoms with van der Waals surface area (Å²) in [5.41, 5.74) is 10.1. The van der Waals surface area contributed by atoms with Crippen molar-refractivity contribution in [3.05, 3.63) is 179 Å². The maximum Gasteiger partial charge on any atom is 2.00 e. The van der Waals surface area contributed by atoms with Gasteiger partial charge in [-0.05, 0) is 91.5 Å². The van der Waals surface area contributed by atoms with Gasteiger partial charge >= 0.3 is 31.1 Å². The van der Waals surface area contributed by atoms with Gasteiger partial charge < -0.3 is 35.5 Å². The molecule has 0 bridgehead atoms. The first kappa shape index (κ1) is 38.2.